The number of nitrogens with one attached hydrogen (secondary N) is 2. The van der Waals surface area contributed by atoms with Crippen LogP contribution in [0, 0.1) is 12.8 Å². The molecule has 0 saturated heterocycles. The normalized spacial score (nSPS) is 15.4. The Morgan fingerprint density at radius 2 is 1.97 bits per heavy atom. The Morgan fingerprint density at radius 3 is 2.60 bits per heavy atom. The molecular weight excluding hydrogens is 448 g/mol. The van der Waals surface area contributed by atoms with E-state index in [2.05, 4.69) is 25.9 Å². The van der Waals surface area contributed by atoms with Gasteiger partial charge in [-0.2, -0.15) is 5.10 Å². The summed E-state index contributed by atoms with van der Waals surface area (Å²) in [5, 5.41) is 14.0. The van der Waals surface area contributed by atoms with E-state index in [1.807, 2.05) is 13.0 Å². The van der Waals surface area contributed by atoms with Crippen molar-refractivity contribution in [3.05, 3.63) is 47.7 Å². The van der Waals surface area contributed by atoms with Crippen molar-refractivity contribution in [1.29, 1.82) is 0 Å². The molecule has 1 atom stereocenters. The van der Waals surface area contributed by atoms with E-state index < -0.39 is 6.04 Å². The van der Waals surface area contributed by atoms with Crippen molar-refractivity contribution < 1.29 is 18.8 Å². The van der Waals surface area contributed by atoms with Gasteiger partial charge in [-0.1, -0.05) is 30.8 Å². The minimum atomic E-state index is -0.661. The molecule has 0 bridgehead atoms. The monoisotopic (exact) mass is 480 g/mol. The first-order valence-electron chi connectivity index (χ1n) is 12.0. The summed E-state index contributed by atoms with van der Waals surface area (Å²) in [6, 6.07) is 4.58. The molecule has 35 heavy (non-hydrogen) atoms. The molecule has 2 N–H and O–H groups in total. The van der Waals surface area contributed by atoms with E-state index in [1.165, 1.54) is 4.68 Å². The Bertz CT molecular complexity index is 1150. The number of nitrogens with zero attached hydrogens (tertiary/aromatic N) is 4. The zero-order valence-corrected chi connectivity index (χ0v) is 20.4. The number of pyridine rings is 1. The van der Waals surface area contributed by atoms with Crippen molar-refractivity contribution in [2.75, 3.05) is 12.4 Å². The number of carbonyl (C=O) groups is 2. The summed E-state index contributed by atoms with van der Waals surface area (Å²) in [7, 11) is 3.30. The highest BCUT2D eigenvalue weighted by atomic mass is 16.5. The van der Waals surface area contributed by atoms with Crippen LogP contribution in [0.15, 0.2) is 35.1 Å². The van der Waals surface area contributed by atoms with E-state index in [0.717, 1.165) is 55.3 Å². The van der Waals surface area contributed by atoms with Gasteiger partial charge in [0.15, 0.2) is 5.76 Å². The molecule has 10 heteroatoms. The number of ether oxygens (including phenoxy) is 1. The van der Waals surface area contributed by atoms with Gasteiger partial charge in [-0.3, -0.25) is 14.3 Å². The second-order valence-electron chi connectivity index (χ2n) is 8.96. The lowest BCUT2D eigenvalue weighted by molar-refractivity contribution is -0.119. The van der Waals surface area contributed by atoms with Crippen LogP contribution in [0.3, 0.4) is 0 Å². The zero-order valence-electron chi connectivity index (χ0n) is 20.4. The maximum absolute atomic E-state index is 13.4. The topological polar surface area (TPSA) is 124 Å². The van der Waals surface area contributed by atoms with Crippen molar-refractivity contribution in [3.63, 3.8) is 0 Å². The molecule has 2 amide bonds. The number of rotatable bonds is 8. The second kappa shape index (κ2) is 11.3. The Morgan fingerprint density at radius 1 is 1.20 bits per heavy atom. The molecule has 0 aliphatic heterocycles. The molecule has 3 heterocycles. The standard InChI is InChI=1S/C25H32N6O4/c1-16-22(20(15-34-3)35-30-16)18-10-11-21(26-14-18)28-25(33)23(17-8-6-4-5-7-9-17)29-24(32)19-12-13-27-31(19)2/h10-14,17,23H,4-9,15H2,1-3H3,(H,29,32)(H,26,28,33)/t23-/m0/s1. The first-order chi connectivity index (χ1) is 17.0. The lowest BCUT2D eigenvalue weighted by Gasteiger charge is -2.26. The molecule has 0 spiro atoms. The molecule has 4 rings (SSSR count). The van der Waals surface area contributed by atoms with Crippen LogP contribution in [0.2, 0.25) is 0 Å². The molecule has 1 aliphatic carbocycles. The van der Waals surface area contributed by atoms with Gasteiger partial charge in [-0.15, -0.1) is 0 Å². The van der Waals surface area contributed by atoms with Crippen LogP contribution >= 0.6 is 0 Å². The van der Waals surface area contributed by atoms with Gasteiger partial charge < -0.3 is 19.9 Å². The number of amides is 2. The predicted octanol–water partition coefficient (Wildman–Crippen LogP) is 3.63. The molecule has 1 saturated carbocycles. The molecule has 1 aliphatic rings. The summed E-state index contributed by atoms with van der Waals surface area (Å²) in [6.07, 6.45) is 9.42. The second-order valence-corrected chi connectivity index (χ2v) is 8.96. The lowest BCUT2D eigenvalue weighted by Crippen LogP contribution is -2.49. The molecule has 1 fully saturated rings. The third-order valence-electron chi connectivity index (χ3n) is 6.51. The highest BCUT2D eigenvalue weighted by Crippen LogP contribution is 2.29. The third kappa shape index (κ3) is 5.76. The number of methoxy groups -OCH3 is 1. The molecule has 0 unspecified atom stereocenters. The number of anilines is 1. The minimum Gasteiger partial charge on any atom is -0.377 e. The predicted molar refractivity (Wildman–Crippen MR) is 129 cm³/mol. The fourth-order valence-corrected chi connectivity index (χ4v) is 4.69. The Balaban J connectivity index is 1.51. The molecule has 10 nitrogen and oxygen atoms in total. The Kier molecular flexibility index (Phi) is 7.91. The minimum absolute atomic E-state index is 0.0604. The Hall–Kier alpha value is -3.53. The van der Waals surface area contributed by atoms with Gasteiger partial charge in [0.2, 0.25) is 5.91 Å². The number of carbonyl (C=O) groups excluding carboxylic acids is 2. The maximum Gasteiger partial charge on any atom is 0.270 e. The zero-order chi connectivity index (χ0) is 24.8. The van der Waals surface area contributed by atoms with Gasteiger partial charge in [0.1, 0.15) is 24.2 Å². The molecule has 3 aromatic heterocycles. The van der Waals surface area contributed by atoms with Crippen molar-refractivity contribution in [2.45, 2.75) is 58.1 Å². The number of hydrogen-bond donors (Lipinski definition) is 2. The average molecular weight is 481 g/mol. The van der Waals surface area contributed by atoms with Crippen molar-refractivity contribution in [2.24, 2.45) is 13.0 Å². The van der Waals surface area contributed by atoms with Crippen molar-refractivity contribution in [3.8, 4) is 11.1 Å². The van der Waals surface area contributed by atoms with Gasteiger partial charge >= 0.3 is 0 Å². The SMILES string of the molecule is COCc1onc(C)c1-c1ccc(NC(=O)[C@@H](NC(=O)c2ccnn2C)C2CCCCCC2)nc1. The third-order valence-corrected chi connectivity index (χ3v) is 6.51. The van der Waals surface area contributed by atoms with E-state index in [1.54, 1.807) is 38.7 Å². The summed E-state index contributed by atoms with van der Waals surface area (Å²) < 4.78 is 12.0. The first-order valence-corrected chi connectivity index (χ1v) is 12.0. The van der Waals surface area contributed by atoms with Crippen LogP contribution in [0.25, 0.3) is 11.1 Å². The van der Waals surface area contributed by atoms with Gasteiger partial charge in [-0.05, 0) is 43.9 Å². The van der Waals surface area contributed by atoms with Crippen molar-refractivity contribution >= 4 is 17.6 Å². The highest BCUT2D eigenvalue weighted by Gasteiger charge is 2.31. The first kappa shape index (κ1) is 24.6. The summed E-state index contributed by atoms with van der Waals surface area (Å²) in [6.45, 7) is 2.16. The van der Waals surface area contributed by atoms with Crippen LogP contribution in [0.5, 0.6) is 0 Å². The summed E-state index contributed by atoms with van der Waals surface area (Å²) in [4.78, 5) is 30.8. The largest absolute Gasteiger partial charge is 0.377 e. The fraction of sp³-hybridized carbons (Fsp3) is 0.480. The summed E-state index contributed by atoms with van der Waals surface area (Å²) in [5.41, 5.74) is 2.80. The van der Waals surface area contributed by atoms with Crippen LogP contribution in [0.4, 0.5) is 5.82 Å². The average Bonchev–Trinajstić information content (AvgIpc) is 3.33. The van der Waals surface area contributed by atoms with Gasteiger partial charge in [0.05, 0.1) is 11.3 Å². The molecule has 0 radical (unpaired) electrons. The summed E-state index contributed by atoms with van der Waals surface area (Å²) in [5.74, 6) is 0.509. The van der Waals surface area contributed by atoms with Crippen LogP contribution in [-0.2, 0) is 23.2 Å². The lowest BCUT2D eigenvalue weighted by atomic mass is 9.91. The van der Waals surface area contributed by atoms with E-state index in [4.69, 9.17) is 9.26 Å². The molecular formula is C25H32N6O4. The Labute approximate surface area is 204 Å². The van der Waals surface area contributed by atoms with Gasteiger partial charge in [0, 0.05) is 32.1 Å². The van der Waals surface area contributed by atoms with E-state index >= 15 is 0 Å². The number of hydrogen-bond acceptors (Lipinski definition) is 7. The maximum atomic E-state index is 13.4. The van der Waals surface area contributed by atoms with Gasteiger partial charge in [-0.25, -0.2) is 4.98 Å². The molecule has 3 aromatic rings. The fourth-order valence-electron chi connectivity index (χ4n) is 4.69. The smallest absolute Gasteiger partial charge is 0.270 e. The van der Waals surface area contributed by atoms with Gasteiger partial charge in [0.25, 0.3) is 5.91 Å². The highest BCUT2D eigenvalue weighted by molar-refractivity contribution is 6.00. The van der Waals surface area contributed by atoms with Crippen LogP contribution < -0.4 is 10.6 Å². The van der Waals surface area contributed by atoms with Crippen molar-refractivity contribution in [1.82, 2.24) is 25.2 Å². The quantitative estimate of drug-likeness (QED) is 0.472. The molecule has 186 valence electrons. The van der Waals surface area contributed by atoms with Crippen LogP contribution in [-0.4, -0.2) is 44.9 Å². The van der Waals surface area contributed by atoms with E-state index in [0.29, 0.717) is 23.9 Å². The van der Waals surface area contributed by atoms with E-state index in [-0.39, 0.29) is 17.7 Å². The van der Waals surface area contributed by atoms with E-state index in [9.17, 15) is 9.59 Å². The number of aromatic nitrogens is 4. The van der Waals surface area contributed by atoms with Crippen LogP contribution in [0.1, 0.15) is 60.5 Å². The number of aryl methyl sites for hydroxylation is 2. The summed E-state index contributed by atoms with van der Waals surface area (Å²) >= 11 is 0. The molecule has 0 aromatic carbocycles.